The van der Waals surface area contributed by atoms with Crippen molar-refractivity contribution in [1.82, 2.24) is 4.98 Å². The number of rotatable bonds is 7. The highest BCUT2D eigenvalue weighted by atomic mass is 32.1. The Hall–Kier alpha value is -4.35. The summed E-state index contributed by atoms with van der Waals surface area (Å²) < 4.78 is 10.3. The Bertz CT molecular complexity index is 2020. The predicted octanol–water partition coefficient (Wildman–Crippen LogP) is 20.6. The van der Waals surface area contributed by atoms with Crippen LogP contribution in [0.1, 0.15) is 192 Å². The van der Waals surface area contributed by atoms with Gasteiger partial charge in [-0.1, -0.05) is 226 Å². The van der Waals surface area contributed by atoms with Gasteiger partial charge in [-0.3, -0.25) is 0 Å². The molecule has 0 saturated heterocycles. The average molecular weight is 969 g/mol. The number of benzene rings is 3. The monoisotopic (exact) mass is 968 g/mol. The minimum absolute atomic E-state index is 0. The lowest BCUT2D eigenvalue weighted by molar-refractivity contribution is 0.357. The minimum atomic E-state index is 0. The molecule has 3 heterocycles. The Morgan fingerprint density at radius 1 is 0.478 bits per heavy atom. The van der Waals surface area contributed by atoms with Crippen molar-refractivity contribution in [2.75, 3.05) is 0 Å². The zero-order chi connectivity index (χ0) is 50.2. The van der Waals surface area contributed by atoms with Crippen LogP contribution in [0.25, 0.3) is 0 Å². The van der Waals surface area contributed by atoms with Crippen LogP contribution >= 0.6 is 11.3 Å². The van der Waals surface area contributed by atoms with Gasteiger partial charge in [-0.15, -0.1) is 11.3 Å². The summed E-state index contributed by atoms with van der Waals surface area (Å²) in [4.78, 5) is 5.53. The smallest absolute Gasteiger partial charge is 0.180 e. The summed E-state index contributed by atoms with van der Waals surface area (Å²) in [5.41, 5.74) is 7.32. The fraction of sp³-hybridized carbons (Fsp3) is 0.547. The molecule has 0 aliphatic heterocycles. The number of furan rings is 1. The maximum Gasteiger partial charge on any atom is 0.180 e. The van der Waals surface area contributed by atoms with Crippen LogP contribution in [-0.4, -0.2) is 10.1 Å². The van der Waals surface area contributed by atoms with Gasteiger partial charge in [0.25, 0.3) is 0 Å². The molecule has 0 saturated carbocycles. The largest absolute Gasteiger partial charge is 0.508 e. The molecule has 1 N–H and O–H groups in total. The summed E-state index contributed by atoms with van der Waals surface area (Å²) in [5, 5.41) is 11.3. The van der Waals surface area contributed by atoms with Crippen molar-refractivity contribution in [3.05, 3.63) is 166 Å². The maximum absolute atomic E-state index is 9.21. The molecule has 0 atom stereocenters. The Labute approximate surface area is 431 Å². The standard InChI is InChI=1S/C12H18.C11H16O.C11H16.C10H16O.C9H14S.C8H13NO.3CH4/c1-12(2,3)10-9-11-7-5-4-6-8-11;1-11(2,3)8-9-5-4-6-10(12)7-9;1-11(2,3)9-10-7-5-4-6-8-10;1-8-5-6-9(11-8)7-10(2,3)4;1-9(2,3)7-8-5-4-6-10-8;1-8(2,3)4-7-5-10-6-9-7;;;/h4-8H,9-10H2,1-3H3;4-7,12H,8H2,1-3H3;4-8H,9H2,1-3H3;5-6H,7H2,1-4H3;4-6H,7H2,1-3H3;5-6H,4H2,1-3H3;3*1H4. The molecule has 0 aliphatic rings. The molecule has 0 spiro atoms. The van der Waals surface area contributed by atoms with Crippen molar-refractivity contribution in [3.8, 4) is 5.75 Å². The van der Waals surface area contributed by atoms with Gasteiger partial charge in [0.2, 0.25) is 0 Å². The van der Waals surface area contributed by atoms with Crippen LogP contribution < -0.4 is 0 Å². The van der Waals surface area contributed by atoms with E-state index >= 15 is 0 Å². The molecule has 4 nitrogen and oxygen atoms in total. The number of phenolic OH excluding ortho intramolecular Hbond substituents is 1. The van der Waals surface area contributed by atoms with Gasteiger partial charge < -0.3 is 13.9 Å². The quantitative estimate of drug-likeness (QED) is 0.173. The van der Waals surface area contributed by atoms with E-state index in [0.29, 0.717) is 32.8 Å². The third-order valence-corrected chi connectivity index (χ3v) is 10.1. The van der Waals surface area contributed by atoms with Gasteiger partial charge >= 0.3 is 0 Å². The van der Waals surface area contributed by atoms with Crippen LogP contribution in [0.2, 0.25) is 0 Å². The van der Waals surface area contributed by atoms with Crippen LogP contribution in [0, 0.1) is 39.4 Å². The second-order valence-electron chi connectivity index (χ2n) is 25.0. The lowest BCUT2D eigenvalue weighted by Crippen LogP contribution is -2.08. The fourth-order valence-electron chi connectivity index (χ4n) is 6.56. The highest BCUT2D eigenvalue weighted by Gasteiger charge is 2.15. The zero-order valence-corrected chi connectivity index (χ0v) is 46.0. The molecule has 0 fully saturated rings. The van der Waals surface area contributed by atoms with E-state index in [4.69, 9.17) is 8.83 Å². The van der Waals surface area contributed by atoms with E-state index in [9.17, 15) is 5.11 Å². The number of hydrogen-bond acceptors (Lipinski definition) is 5. The second kappa shape index (κ2) is 32.5. The molecular formula is C64H105NO3S. The number of oxazole rings is 1. The third-order valence-electron chi connectivity index (χ3n) is 9.21. The summed E-state index contributed by atoms with van der Waals surface area (Å²) in [7, 11) is 0. The normalized spacial score (nSPS) is 11.2. The van der Waals surface area contributed by atoms with Crippen molar-refractivity contribution in [1.29, 1.82) is 0 Å². The SMILES string of the molecule is C.C.C.CC(C)(C)CCc1ccccc1.CC(C)(C)Cc1cccc(O)c1.CC(C)(C)Cc1ccccc1.CC(C)(C)Cc1cccs1.CC(C)(C)Cc1cocn1.Cc1ccc(CC(C)(C)C)o1. The van der Waals surface area contributed by atoms with E-state index in [0.717, 1.165) is 42.9 Å². The number of nitrogens with zero attached hydrogens (tertiary/aromatic N) is 1. The first-order valence-electron chi connectivity index (χ1n) is 24.1. The predicted molar refractivity (Wildman–Crippen MR) is 309 cm³/mol. The Morgan fingerprint density at radius 2 is 0.957 bits per heavy atom. The van der Waals surface area contributed by atoms with E-state index in [1.54, 1.807) is 12.3 Å². The molecule has 3 aromatic carbocycles. The Kier molecular flexibility index (Phi) is 32.5. The summed E-state index contributed by atoms with van der Waals surface area (Å²) in [6.07, 6.45) is 11.0. The average Bonchev–Trinajstić information content (AvgIpc) is 3.94. The zero-order valence-electron chi connectivity index (χ0n) is 45.2. The number of hydrogen-bond donors (Lipinski definition) is 1. The Morgan fingerprint density at radius 3 is 1.35 bits per heavy atom. The number of aromatic nitrogens is 1. The first-order valence-corrected chi connectivity index (χ1v) is 24.9. The Balaban J connectivity index is -0.000000752. The maximum atomic E-state index is 9.21. The number of aryl methyl sites for hydroxylation is 2. The van der Waals surface area contributed by atoms with Crippen molar-refractivity contribution >= 4 is 11.3 Å². The van der Waals surface area contributed by atoms with Crippen molar-refractivity contribution in [3.63, 3.8) is 0 Å². The second-order valence-corrected chi connectivity index (χ2v) is 26.0. The molecule has 0 amide bonds. The molecule has 0 radical (unpaired) electrons. The number of phenols is 1. The van der Waals surface area contributed by atoms with E-state index in [1.165, 1.54) is 47.2 Å². The first kappa shape index (κ1) is 68.9. The highest BCUT2D eigenvalue weighted by molar-refractivity contribution is 7.09. The third kappa shape index (κ3) is 42.3. The van der Waals surface area contributed by atoms with E-state index in [1.807, 2.05) is 42.5 Å². The molecule has 3 aromatic heterocycles. The van der Waals surface area contributed by atoms with E-state index in [-0.39, 0.29) is 27.7 Å². The van der Waals surface area contributed by atoms with Crippen molar-refractivity contribution in [2.45, 2.75) is 199 Å². The van der Waals surface area contributed by atoms with Gasteiger partial charge in [-0.25, -0.2) is 4.98 Å². The first-order chi connectivity index (χ1) is 30.3. The van der Waals surface area contributed by atoms with Gasteiger partial charge in [-0.05, 0) is 130 Å². The molecule has 0 unspecified atom stereocenters. The summed E-state index contributed by atoms with van der Waals surface area (Å²) in [6, 6.07) is 37.2. The van der Waals surface area contributed by atoms with Crippen LogP contribution in [0.5, 0.6) is 5.75 Å². The lowest BCUT2D eigenvalue weighted by Gasteiger charge is -2.17. The topological polar surface area (TPSA) is 59.4 Å². The van der Waals surface area contributed by atoms with Gasteiger partial charge in [0.1, 0.15) is 23.5 Å². The molecule has 0 bridgehead atoms. The minimum Gasteiger partial charge on any atom is -0.508 e. The summed E-state index contributed by atoms with van der Waals surface area (Å²) >= 11 is 1.85. The highest BCUT2D eigenvalue weighted by Crippen LogP contribution is 2.25. The van der Waals surface area contributed by atoms with Crippen LogP contribution in [-0.2, 0) is 38.5 Å². The van der Waals surface area contributed by atoms with Crippen molar-refractivity contribution in [2.24, 2.45) is 32.5 Å². The van der Waals surface area contributed by atoms with E-state index < -0.39 is 0 Å². The van der Waals surface area contributed by atoms with Crippen LogP contribution in [0.15, 0.2) is 136 Å². The van der Waals surface area contributed by atoms with Gasteiger partial charge in [0.15, 0.2) is 6.39 Å². The molecular weight excluding hydrogens is 863 g/mol. The van der Waals surface area contributed by atoms with Gasteiger partial charge in [0, 0.05) is 11.3 Å². The number of aromatic hydroxyl groups is 1. The molecule has 390 valence electrons. The molecule has 6 rings (SSSR count). The van der Waals surface area contributed by atoms with E-state index in [2.05, 4.69) is 214 Å². The molecule has 5 heteroatoms. The fourth-order valence-corrected chi connectivity index (χ4v) is 7.56. The van der Waals surface area contributed by atoms with Crippen molar-refractivity contribution < 1.29 is 13.9 Å². The summed E-state index contributed by atoms with van der Waals surface area (Å²) in [6.45, 7) is 42.2. The van der Waals surface area contributed by atoms with Gasteiger partial charge in [-0.2, -0.15) is 0 Å². The molecule has 6 aromatic rings. The van der Waals surface area contributed by atoms with Gasteiger partial charge in [0.05, 0.1) is 5.69 Å². The lowest BCUT2D eigenvalue weighted by atomic mass is 9.88. The molecule has 0 aliphatic carbocycles. The van der Waals surface area contributed by atoms with Crippen LogP contribution in [0.4, 0.5) is 0 Å². The number of thiophene rings is 1. The molecule has 69 heavy (non-hydrogen) atoms. The van der Waals surface area contributed by atoms with Crippen LogP contribution in [0.3, 0.4) is 0 Å². The summed E-state index contributed by atoms with van der Waals surface area (Å²) in [5.74, 6) is 2.45.